The van der Waals surface area contributed by atoms with Gasteiger partial charge >= 0.3 is 5.97 Å². The van der Waals surface area contributed by atoms with Crippen molar-refractivity contribution < 1.29 is 29.3 Å². The molecule has 1 heterocycles. The predicted molar refractivity (Wildman–Crippen MR) is 184 cm³/mol. The third kappa shape index (κ3) is 4.98. The third-order valence-electron chi connectivity index (χ3n) is 11.4. The Hall–Kier alpha value is -4.24. The minimum atomic E-state index is -1.90. The van der Waals surface area contributed by atoms with Gasteiger partial charge in [-0.15, -0.1) is 5.11 Å². The summed E-state index contributed by atoms with van der Waals surface area (Å²) in [5, 5.41) is 34.8. The van der Waals surface area contributed by atoms with Crippen LogP contribution in [0.2, 0.25) is 0 Å². The van der Waals surface area contributed by atoms with E-state index in [-0.39, 0.29) is 19.4 Å². The molecule has 8 heteroatoms. The van der Waals surface area contributed by atoms with Crippen LogP contribution in [0.15, 0.2) is 125 Å². The van der Waals surface area contributed by atoms with Crippen LogP contribution in [-0.4, -0.2) is 51.0 Å². The van der Waals surface area contributed by atoms with Gasteiger partial charge in [0.25, 0.3) is 0 Å². The van der Waals surface area contributed by atoms with E-state index < -0.39 is 63.5 Å². The molecular weight excluding hydrogens is 616 g/mol. The van der Waals surface area contributed by atoms with Gasteiger partial charge in [-0.2, -0.15) is 5.11 Å². The molecule has 7 rings (SSSR count). The van der Waals surface area contributed by atoms with Crippen molar-refractivity contribution in [3.8, 4) is 0 Å². The molecule has 0 saturated heterocycles. The number of hydrogen-bond acceptors (Lipinski definition) is 8. The summed E-state index contributed by atoms with van der Waals surface area (Å²) < 4.78 is 13.2. The zero-order valence-corrected chi connectivity index (χ0v) is 28.7. The highest BCUT2D eigenvalue weighted by atomic mass is 16.6. The maximum atomic E-state index is 13.9. The molecule has 3 aromatic carbocycles. The fourth-order valence-corrected chi connectivity index (χ4v) is 9.47. The highest BCUT2D eigenvalue weighted by molar-refractivity contribution is 6.04. The summed E-state index contributed by atoms with van der Waals surface area (Å²) in [6.07, 6.45) is 3.87. The van der Waals surface area contributed by atoms with Crippen molar-refractivity contribution in [1.29, 1.82) is 0 Å². The lowest BCUT2D eigenvalue weighted by Crippen LogP contribution is -2.67. The number of azo groups is 1. The maximum Gasteiger partial charge on any atom is 0.304 e. The van der Waals surface area contributed by atoms with E-state index in [4.69, 9.17) is 9.47 Å². The van der Waals surface area contributed by atoms with E-state index in [0.717, 1.165) is 16.7 Å². The number of benzene rings is 3. The molecule has 0 amide bonds. The van der Waals surface area contributed by atoms with Crippen molar-refractivity contribution >= 4 is 11.8 Å². The highest BCUT2D eigenvalue weighted by Gasteiger charge is 2.72. The maximum absolute atomic E-state index is 13.9. The molecule has 0 aromatic heterocycles. The van der Waals surface area contributed by atoms with Crippen molar-refractivity contribution in [3.63, 3.8) is 0 Å². The largest absolute Gasteiger partial charge is 0.435 e. The zero-order valence-electron chi connectivity index (χ0n) is 28.7. The standard InChI is InChI=1S/C41H44N2O6/c1-26-21-34-38(46,36(26)45)24-29(22-33-35-37(4,5)42-43-39(35,49-28(3)44)23-27(2)40(33,34)47)25-48-41(30-15-9-6-10-16-30,31-17-11-7-12-18-31)32-19-13-8-14-20-32/h6-22,27,33-35,46-47H,23-25H2,1-5H3/t27-,33+,34-,35-,38-,39+,40-/m1/s1. The Morgan fingerprint density at radius 2 is 1.41 bits per heavy atom. The summed E-state index contributed by atoms with van der Waals surface area (Å²) in [6.45, 7) is 8.81. The first-order chi connectivity index (χ1) is 23.3. The monoisotopic (exact) mass is 660 g/mol. The van der Waals surface area contributed by atoms with Gasteiger partial charge < -0.3 is 19.7 Å². The van der Waals surface area contributed by atoms with Crippen LogP contribution in [0.25, 0.3) is 0 Å². The molecule has 7 atom stereocenters. The van der Waals surface area contributed by atoms with Crippen LogP contribution in [0.1, 0.15) is 64.2 Å². The fourth-order valence-electron chi connectivity index (χ4n) is 9.47. The SMILES string of the molecule is CC(=O)O[C@@]12C[C@@H](C)[C@@]3(O)[C@@H](C=C(COC(c4ccccc4)(c4ccccc4)c4ccccc4)C[C@]4(O)C(=O)C(C)=C[C@@H]34)[C@@H]1C(C)(C)N=N2. The highest BCUT2D eigenvalue weighted by Crippen LogP contribution is 2.63. The number of aliphatic hydroxyl groups is 2. The number of hydrogen-bond donors (Lipinski definition) is 2. The Balaban J connectivity index is 1.41. The van der Waals surface area contributed by atoms with E-state index in [1.165, 1.54) is 6.92 Å². The quantitative estimate of drug-likeness (QED) is 0.165. The van der Waals surface area contributed by atoms with Crippen molar-refractivity contribution in [2.75, 3.05) is 6.61 Å². The smallest absolute Gasteiger partial charge is 0.304 e. The second-order valence-corrected chi connectivity index (χ2v) is 14.9. The van der Waals surface area contributed by atoms with Gasteiger partial charge in [0.2, 0.25) is 5.72 Å². The second-order valence-electron chi connectivity index (χ2n) is 14.9. The number of fused-ring (bicyclic) bond motifs is 5. The van der Waals surface area contributed by atoms with E-state index in [1.807, 2.05) is 118 Å². The van der Waals surface area contributed by atoms with E-state index in [1.54, 1.807) is 13.0 Å². The number of nitrogens with zero attached hydrogens (tertiary/aromatic N) is 2. The van der Waals surface area contributed by atoms with E-state index >= 15 is 0 Å². The molecule has 0 radical (unpaired) electrons. The Morgan fingerprint density at radius 3 is 1.92 bits per heavy atom. The molecule has 1 aliphatic heterocycles. The minimum absolute atomic E-state index is 0.0308. The van der Waals surface area contributed by atoms with Crippen LogP contribution in [0.4, 0.5) is 0 Å². The molecule has 4 aliphatic rings. The first-order valence-corrected chi connectivity index (χ1v) is 17.1. The summed E-state index contributed by atoms with van der Waals surface area (Å²) in [7, 11) is 0. The Morgan fingerprint density at radius 1 is 0.878 bits per heavy atom. The first-order valence-electron chi connectivity index (χ1n) is 17.1. The van der Waals surface area contributed by atoms with Crippen molar-refractivity contribution in [2.45, 2.75) is 75.5 Å². The summed E-state index contributed by atoms with van der Waals surface area (Å²) in [6, 6.07) is 30.0. The average molecular weight is 661 g/mol. The van der Waals surface area contributed by atoms with Crippen LogP contribution >= 0.6 is 0 Å². The van der Waals surface area contributed by atoms with Gasteiger partial charge in [0.15, 0.2) is 5.78 Å². The lowest BCUT2D eigenvalue weighted by atomic mass is 9.52. The number of esters is 1. The van der Waals surface area contributed by atoms with E-state index in [2.05, 4.69) is 10.2 Å². The normalized spacial score (nSPS) is 33.1. The molecule has 8 nitrogen and oxygen atoms in total. The summed E-state index contributed by atoms with van der Waals surface area (Å²) in [5.74, 6) is -3.60. The number of ketones is 1. The molecule has 1 saturated carbocycles. The molecule has 254 valence electrons. The first kappa shape index (κ1) is 33.3. The van der Waals surface area contributed by atoms with Crippen molar-refractivity contribution in [3.05, 3.63) is 131 Å². The molecule has 1 fully saturated rings. The second kappa shape index (κ2) is 11.7. The molecular formula is C41H44N2O6. The number of ether oxygens (including phenoxy) is 2. The van der Waals surface area contributed by atoms with Gasteiger partial charge in [-0.1, -0.05) is 110 Å². The Kier molecular flexibility index (Phi) is 7.93. The van der Waals surface area contributed by atoms with Crippen LogP contribution in [0, 0.1) is 23.7 Å². The van der Waals surface area contributed by atoms with Gasteiger partial charge in [-0.25, -0.2) is 0 Å². The van der Waals surface area contributed by atoms with Crippen LogP contribution in [0.3, 0.4) is 0 Å². The van der Waals surface area contributed by atoms with Crippen LogP contribution in [0.5, 0.6) is 0 Å². The summed E-state index contributed by atoms with van der Waals surface area (Å²) in [5.41, 5.74) is -2.85. The lowest BCUT2D eigenvalue weighted by Gasteiger charge is -2.56. The number of carbonyl (C=O) groups excluding carboxylic acids is 2. The average Bonchev–Trinajstić information content (AvgIpc) is 3.43. The molecule has 49 heavy (non-hydrogen) atoms. The number of Topliss-reactive ketones (excluding diaryl/α,β-unsaturated/α-hetero) is 1. The van der Waals surface area contributed by atoms with Gasteiger partial charge in [-0.3, -0.25) is 9.59 Å². The molecule has 2 N–H and O–H groups in total. The summed E-state index contributed by atoms with van der Waals surface area (Å²) >= 11 is 0. The van der Waals surface area contributed by atoms with Gasteiger partial charge in [0, 0.05) is 31.6 Å². The van der Waals surface area contributed by atoms with Crippen molar-refractivity contribution in [2.24, 2.45) is 33.9 Å². The fraction of sp³-hybridized carbons (Fsp3) is 0.415. The zero-order chi connectivity index (χ0) is 34.8. The number of rotatable bonds is 7. The molecule has 3 aromatic rings. The molecule has 3 aliphatic carbocycles. The van der Waals surface area contributed by atoms with E-state index in [9.17, 15) is 19.8 Å². The predicted octanol–water partition coefficient (Wildman–Crippen LogP) is 6.71. The Bertz CT molecular complexity index is 1760. The van der Waals surface area contributed by atoms with Crippen LogP contribution < -0.4 is 0 Å². The van der Waals surface area contributed by atoms with Crippen molar-refractivity contribution in [1.82, 2.24) is 0 Å². The molecule has 0 bridgehead atoms. The van der Waals surface area contributed by atoms with Gasteiger partial charge in [-0.05, 0) is 54.5 Å². The molecule has 0 spiro atoms. The lowest BCUT2D eigenvalue weighted by molar-refractivity contribution is -0.225. The summed E-state index contributed by atoms with van der Waals surface area (Å²) in [4.78, 5) is 26.5. The topological polar surface area (TPSA) is 118 Å². The third-order valence-corrected chi connectivity index (χ3v) is 11.4. The van der Waals surface area contributed by atoms with E-state index in [0.29, 0.717) is 11.1 Å². The van der Waals surface area contributed by atoms with Gasteiger partial charge in [0.1, 0.15) is 11.2 Å². The number of carbonyl (C=O) groups is 2. The van der Waals surface area contributed by atoms with Crippen LogP contribution in [-0.2, 0) is 24.7 Å². The minimum Gasteiger partial charge on any atom is -0.435 e. The molecule has 0 unspecified atom stereocenters. The van der Waals surface area contributed by atoms with Gasteiger partial charge in [0.05, 0.1) is 23.7 Å². The Labute approximate surface area is 287 Å².